The summed E-state index contributed by atoms with van der Waals surface area (Å²) in [5, 5.41) is 0. The highest BCUT2D eigenvalue weighted by Gasteiger charge is 2.30. The minimum Gasteiger partial charge on any atom is -0.486 e. The Morgan fingerprint density at radius 2 is 1.78 bits per heavy atom. The summed E-state index contributed by atoms with van der Waals surface area (Å²) in [5.41, 5.74) is 5.88. The van der Waals surface area contributed by atoms with E-state index in [0.717, 1.165) is 41.2 Å². The molecular formula is C26H21NO4S. The van der Waals surface area contributed by atoms with Gasteiger partial charge in [0.25, 0.3) is 5.91 Å². The summed E-state index contributed by atoms with van der Waals surface area (Å²) in [6.45, 7) is 2.21. The maximum absolute atomic E-state index is 12.0. The monoisotopic (exact) mass is 443 g/mol. The van der Waals surface area contributed by atoms with Crippen molar-refractivity contribution >= 4 is 21.8 Å². The van der Waals surface area contributed by atoms with Gasteiger partial charge in [-0.2, -0.15) is 0 Å². The van der Waals surface area contributed by atoms with Crippen LogP contribution in [-0.2, 0) is 22.2 Å². The van der Waals surface area contributed by atoms with E-state index in [-0.39, 0.29) is 12.0 Å². The topological polar surface area (TPSA) is 64.6 Å². The van der Waals surface area contributed by atoms with Crippen molar-refractivity contribution < 1.29 is 18.5 Å². The minimum absolute atomic E-state index is 0.0453. The maximum atomic E-state index is 12.0. The summed E-state index contributed by atoms with van der Waals surface area (Å²) in [6, 6.07) is 19.9. The molecule has 1 aliphatic heterocycles. The summed E-state index contributed by atoms with van der Waals surface area (Å²) in [4.78, 5) is 11.9. The number of benzene rings is 3. The molecule has 3 aliphatic rings. The largest absolute Gasteiger partial charge is 0.486 e. The number of amides is 1. The molecule has 0 fully saturated rings. The molecule has 2 aliphatic carbocycles. The number of carbonyl (C=O) groups excluding carboxylic acids is 1. The van der Waals surface area contributed by atoms with Crippen molar-refractivity contribution in [1.82, 2.24) is 4.72 Å². The van der Waals surface area contributed by atoms with Gasteiger partial charge in [0.15, 0.2) is 11.0 Å². The Morgan fingerprint density at radius 1 is 0.969 bits per heavy atom. The van der Waals surface area contributed by atoms with E-state index in [2.05, 4.69) is 29.8 Å². The molecular weight excluding hydrogens is 422 g/mol. The maximum Gasteiger partial charge on any atom is 0.257 e. The zero-order valence-electron chi connectivity index (χ0n) is 17.5. The average Bonchev–Trinajstić information content (AvgIpc) is 3.08. The Hall–Kier alpha value is -3.38. The molecule has 2 unspecified atom stereocenters. The molecule has 1 amide bonds. The van der Waals surface area contributed by atoms with Crippen LogP contribution in [0.3, 0.4) is 0 Å². The van der Waals surface area contributed by atoms with E-state index in [0.29, 0.717) is 10.8 Å². The van der Waals surface area contributed by atoms with Crippen LogP contribution in [0, 0.1) is 0 Å². The van der Waals surface area contributed by atoms with Crippen molar-refractivity contribution in [1.29, 1.82) is 0 Å². The lowest BCUT2D eigenvalue weighted by atomic mass is 10.1. The number of rotatable bonds is 5. The normalized spacial score (nSPS) is 22.6. The van der Waals surface area contributed by atoms with Crippen LogP contribution < -0.4 is 14.2 Å². The third kappa shape index (κ3) is 3.31. The first kappa shape index (κ1) is 19.3. The van der Waals surface area contributed by atoms with Crippen molar-refractivity contribution in [2.45, 2.75) is 31.8 Å². The van der Waals surface area contributed by atoms with Crippen LogP contribution in [0.5, 0.6) is 17.2 Å². The molecule has 6 heteroatoms. The average molecular weight is 444 g/mol. The van der Waals surface area contributed by atoms with Crippen LogP contribution in [-0.4, -0.2) is 10.1 Å². The van der Waals surface area contributed by atoms with E-state index in [4.69, 9.17) is 9.47 Å². The van der Waals surface area contributed by atoms with Crippen molar-refractivity contribution in [3.63, 3.8) is 0 Å². The van der Waals surface area contributed by atoms with E-state index >= 15 is 0 Å². The Kier molecular flexibility index (Phi) is 4.43. The number of ether oxygens (including phenoxy) is 2. The van der Waals surface area contributed by atoms with Gasteiger partial charge < -0.3 is 9.47 Å². The van der Waals surface area contributed by atoms with Gasteiger partial charge in [-0.3, -0.25) is 9.52 Å². The van der Waals surface area contributed by atoms with Crippen LogP contribution in [0.2, 0.25) is 0 Å². The smallest absolute Gasteiger partial charge is 0.257 e. The van der Waals surface area contributed by atoms with Crippen LogP contribution in [0.1, 0.15) is 53.2 Å². The second-order valence-electron chi connectivity index (χ2n) is 8.35. The van der Waals surface area contributed by atoms with Gasteiger partial charge in [0.05, 0.1) is 4.91 Å². The molecule has 3 aromatic rings. The molecule has 32 heavy (non-hydrogen) atoms. The summed E-state index contributed by atoms with van der Waals surface area (Å²) < 4.78 is 26.9. The Labute approximate surface area is 188 Å². The van der Waals surface area contributed by atoms with Crippen LogP contribution in [0.4, 0.5) is 0 Å². The predicted octanol–water partition coefficient (Wildman–Crippen LogP) is 5.14. The highest BCUT2D eigenvalue weighted by Crippen LogP contribution is 2.46. The van der Waals surface area contributed by atoms with E-state index < -0.39 is 11.0 Å². The first-order valence-electron chi connectivity index (χ1n) is 10.7. The fourth-order valence-electron chi connectivity index (χ4n) is 4.60. The van der Waals surface area contributed by atoms with Gasteiger partial charge in [0.2, 0.25) is 0 Å². The fourth-order valence-corrected chi connectivity index (χ4v) is 5.51. The molecule has 1 N–H and O–H groups in total. The Bertz CT molecular complexity index is 1310. The highest BCUT2D eigenvalue weighted by atomic mass is 32.2. The quantitative estimate of drug-likeness (QED) is 0.593. The Balaban J connectivity index is 1.19. The van der Waals surface area contributed by atoms with Crippen molar-refractivity contribution in [2.75, 3.05) is 0 Å². The lowest BCUT2D eigenvalue weighted by Gasteiger charge is -2.16. The first-order chi connectivity index (χ1) is 15.6. The lowest BCUT2D eigenvalue weighted by Crippen LogP contribution is -2.16. The summed E-state index contributed by atoms with van der Waals surface area (Å²) in [6.07, 6.45) is 3.11. The van der Waals surface area contributed by atoms with Crippen LogP contribution in [0.15, 0.2) is 66.7 Å². The van der Waals surface area contributed by atoms with Gasteiger partial charge in [-0.1, -0.05) is 37.3 Å². The molecule has 5 nitrogen and oxygen atoms in total. The van der Waals surface area contributed by atoms with E-state index in [9.17, 15) is 9.00 Å². The lowest BCUT2D eigenvalue weighted by molar-refractivity contribution is -0.114. The van der Waals surface area contributed by atoms with Crippen LogP contribution >= 0.6 is 0 Å². The molecule has 0 bridgehead atoms. The van der Waals surface area contributed by atoms with Gasteiger partial charge in [0, 0.05) is 17.6 Å². The second-order valence-corrected chi connectivity index (χ2v) is 9.53. The predicted molar refractivity (Wildman–Crippen MR) is 123 cm³/mol. The summed E-state index contributed by atoms with van der Waals surface area (Å²) in [5.74, 6) is 2.74. The molecule has 3 atom stereocenters. The third-order valence-electron chi connectivity index (χ3n) is 6.38. The SMILES string of the molecule is C[C@H]1c2ccc(Oc3cccc4c3CCC4Oc3ccc(C4=CC(=O)NS4=O)cc3)cc21. The molecule has 0 saturated carbocycles. The molecule has 6 rings (SSSR count). The van der Waals surface area contributed by atoms with E-state index in [1.54, 1.807) is 0 Å². The molecule has 0 saturated heterocycles. The third-order valence-corrected chi connectivity index (χ3v) is 7.52. The van der Waals surface area contributed by atoms with Gasteiger partial charge in [-0.25, -0.2) is 4.21 Å². The Morgan fingerprint density at radius 3 is 2.53 bits per heavy atom. The minimum atomic E-state index is -1.50. The number of hydrogen-bond acceptors (Lipinski definition) is 4. The van der Waals surface area contributed by atoms with Crippen LogP contribution in [0.25, 0.3) is 4.91 Å². The standard InChI is InChI=1S/C26H21NO4S/c1-15-19-10-9-18(13-22(15)19)31-23-4-2-3-20-21(23)11-12-24(20)30-17-7-5-16(6-8-17)25-14-26(28)27-32(25)29/h2-10,13-15,24H,11-12H2,1H3,(H,27,28)/t15-,24?,32?/m0/s1. The highest BCUT2D eigenvalue weighted by molar-refractivity contribution is 7.93. The van der Waals surface area contributed by atoms with Gasteiger partial charge in [-0.05, 0) is 65.4 Å². The summed E-state index contributed by atoms with van der Waals surface area (Å²) in [7, 11) is -1.50. The number of hydrogen-bond donors (Lipinski definition) is 1. The number of carbonyl (C=O) groups is 1. The van der Waals surface area contributed by atoms with Crippen molar-refractivity contribution in [3.8, 4) is 17.2 Å². The molecule has 0 aromatic heterocycles. The van der Waals surface area contributed by atoms with E-state index in [1.807, 2.05) is 42.5 Å². The van der Waals surface area contributed by atoms with Crippen molar-refractivity contribution in [3.05, 3.63) is 94.6 Å². The fraction of sp³-hybridized carbons (Fsp3) is 0.192. The number of fused-ring (bicyclic) bond motifs is 2. The molecule has 0 spiro atoms. The van der Waals surface area contributed by atoms with Gasteiger partial charge in [-0.15, -0.1) is 0 Å². The molecule has 3 aromatic carbocycles. The van der Waals surface area contributed by atoms with Gasteiger partial charge in [0.1, 0.15) is 23.4 Å². The summed E-state index contributed by atoms with van der Waals surface area (Å²) >= 11 is 0. The second kappa shape index (κ2) is 7.35. The first-order valence-corrected chi connectivity index (χ1v) is 11.9. The van der Waals surface area contributed by atoms with E-state index in [1.165, 1.54) is 22.8 Å². The zero-order chi connectivity index (χ0) is 21.8. The zero-order valence-corrected chi connectivity index (χ0v) is 18.3. The van der Waals surface area contributed by atoms with Crippen molar-refractivity contribution in [2.24, 2.45) is 0 Å². The van der Waals surface area contributed by atoms with Gasteiger partial charge >= 0.3 is 0 Å². The number of nitrogens with one attached hydrogen (secondary N) is 1. The molecule has 0 radical (unpaired) electrons. The molecule has 160 valence electrons. The molecule has 1 heterocycles.